The molecule has 3 N–H and O–H groups in total. The van der Waals surface area contributed by atoms with Crippen molar-refractivity contribution < 1.29 is 4.39 Å². The van der Waals surface area contributed by atoms with Crippen LogP contribution in [0.2, 0.25) is 0 Å². The topological polar surface area (TPSA) is 111 Å². The summed E-state index contributed by atoms with van der Waals surface area (Å²) < 4.78 is 14.8. The molecule has 6 aromatic rings. The Hall–Kier alpha value is -4.54. The first kappa shape index (κ1) is 27.3. The Kier molecular flexibility index (Phi) is 7.61. The molecule has 0 saturated carbocycles. The number of halogens is 1. The van der Waals surface area contributed by atoms with Crippen LogP contribution in [0.4, 0.5) is 4.39 Å². The highest BCUT2D eigenvalue weighted by molar-refractivity contribution is 5.96. The number of aromatic amines is 2. The number of aryl methyl sites for hydroxylation is 1. The molecule has 43 heavy (non-hydrogen) atoms. The van der Waals surface area contributed by atoms with Gasteiger partial charge in [0.2, 0.25) is 0 Å². The van der Waals surface area contributed by atoms with E-state index >= 15 is 0 Å². The van der Waals surface area contributed by atoms with Gasteiger partial charge in [0, 0.05) is 48.0 Å². The van der Waals surface area contributed by atoms with Crippen molar-refractivity contribution in [1.29, 1.82) is 0 Å². The number of rotatable bonds is 10. The molecule has 0 atom stereocenters. The number of likely N-dealkylation sites (tertiary alicyclic amines) is 1. The molecule has 0 bridgehead atoms. The summed E-state index contributed by atoms with van der Waals surface area (Å²) >= 11 is 0. The van der Waals surface area contributed by atoms with Crippen LogP contribution in [0.15, 0.2) is 61.2 Å². The Morgan fingerprint density at radius 1 is 0.930 bits per heavy atom. The highest BCUT2D eigenvalue weighted by Crippen LogP contribution is 2.32. The van der Waals surface area contributed by atoms with Crippen LogP contribution >= 0.6 is 0 Å². The minimum absolute atomic E-state index is 0.236. The molecule has 1 saturated heterocycles. The zero-order valence-corrected chi connectivity index (χ0v) is 24.2. The number of benzene rings is 1. The van der Waals surface area contributed by atoms with E-state index in [9.17, 15) is 4.39 Å². The summed E-state index contributed by atoms with van der Waals surface area (Å²) in [6.07, 6.45) is 11.7. The average molecular weight is 576 g/mol. The lowest BCUT2D eigenvalue weighted by molar-refractivity contribution is 0.334. The first-order valence-electron chi connectivity index (χ1n) is 15.0. The summed E-state index contributed by atoms with van der Waals surface area (Å²) in [6, 6.07) is 11.4. The van der Waals surface area contributed by atoms with Gasteiger partial charge in [-0.3, -0.25) is 10.1 Å². The number of nitrogens with zero attached hydrogens (tertiary/aromatic N) is 6. The molecule has 5 aromatic heterocycles. The lowest BCUT2D eigenvalue weighted by atomic mass is 10.0. The fraction of sp³-hybridized carbons (Fsp3) is 0.303. The molecular formula is C33H34FN9. The van der Waals surface area contributed by atoms with Crippen molar-refractivity contribution in [2.45, 2.75) is 39.2 Å². The zero-order valence-electron chi connectivity index (χ0n) is 24.2. The van der Waals surface area contributed by atoms with Crippen molar-refractivity contribution in [3.8, 4) is 33.8 Å². The third kappa shape index (κ3) is 5.76. The third-order valence-electron chi connectivity index (χ3n) is 8.15. The molecule has 7 rings (SSSR count). The van der Waals surface area contributed by atoms with Crippen molar-refractivity contribution in [3.05, 3.63) is 78.1 Å². The first-order chi connectivity index (χ1) is 21.1. The summed E-state index contributed by atoms with van der Waals surface area (Å²) in [6.45, 7) is 7.14. The van der Waals surface area contributed by atoms with Crippen molar-refractivity contribution in [2.24, 2.45) is 0 Å². The van der Waals surface area contributed by atoms with E-state index in [2.05, 4.69) is 65.5 Å². The van der Waals surface area contributed by atoms with Gasteiger partial charge in [0.05, 0.1) is 10.9 Å². The van der Waals surface area contributed by atoms with Gasteiger partial charge in [-0.05, 0) is 98.9 Å². The average Bonchev–Trinajstić information content (AvgIpc) is 3.79. The van der Waals surface area contributed by atoms with Crippen LogP contribution in [0, 0.1) is 5.82 Å². The van der Waals surface area contributed by atoms with Crippen LogP contribution in [-0.2, 0) is 13.0 Å². The molecule has 0 amide bonds. The lowest BCUT2D eigenvalue weighted by Crippen LogP contribution is -2.20. The van der Waals surface area contributed by atoms with Crippen molar-refractivity contribution in [1.82, 2.24) is 45.3 Å². The van der Waals surface area contributed by atoms with Gasteiger partial charge in [-0.15, -0.1) is 0 Å². The fourth-order valence-corrected chi connectivity index (χ4v) is 5.98. The van der Waals surface area contributed by atoms with Gasteiger partial charge in [-0.1, -0.05) is 13.0 Å². The van der Waals surface area contributed by atoms with E-state index in [0.717, 1.165) is 76.8 Å². The van der Waals surface area contributed by atoms with Crippen LogP contribution in [0.3, 0.4) is 0 Å². The molecule has 1 aromatic carbocycles. The Morgan fingerprint density at radius 3 is 2.67 bits per heavy atom. The standard InChI is InChI=1S/C33H34FN9/c1-2-35-17-22-13-24(19-36-18-22)25-16-28-30(41-42-31(28)38-20-25)33-39-29-27(7-8-37-32(29)40-33)23-12-21(14-26(34)15-23)6-5-11-43-9-3-4-10-43/h7-8,12-16,18-20,35H,2-6,9-11,17H2,1H3,(H,37,39,40)(H,38,41,42). The summed E-state index contributed by atoms with van der Waals surface area (Å²) in [7, 11) is 0. The number of pyridine rings is 3. The minimum atomic E-state index is -0.236. The number of fused-ring (bicyclic) bond motifs is 2. The van der Waals surface area contributed by atoms with Crippen molar-refractivity contribution in [3.63, 3.8) is 0 Å². The molecule has 10 heteroatoms. The number of hydrogen-bond donors (Lipinski definition) is 3. The molecule has 9 nitrogen and oxygen atoms in total. The van der Waals surface area contributed by atoms with Crippen LogP contribution in [-0.4, -0.2) is 66.2 Å². The van der Waals surface area contributed by atoms with Crippen LogP contribution < -0.4 is 5.32 Å². The van der Waals surface area contributed by atoms with Gasteiger partial charge >= 0.3 is 0 Å². The Labute approximate surface area is 249 Å². The summed E-state index contributed by atoms with van der Waals surface area (Å²) in [5.74, 6) is 0.359. The normalized spacial score (nSPS) is 13.9. The summed E-state index contributed by atoms with van der Waals surface area (Å²) in [4.78, 5) is 24.3. The summed E-state index contributed by atoms with van der Waals surface area (Å²) in [5, 5.41) is 11.7. The molecule has 1 fully saturated rings. The molecule has 1 aliphatic rings. The highest BCUT2D eigenvalue weighted by atomic mass is 19.1. The maximum Gasteiger partial charge on any atom is 0.181 e. The zero-order chi connectivity index (χ0) is 29.2. The van der Waals surface area contributed by atoms with Crippen LogP contribution in [0.25, 0.3) is 56.0 Å². The van der Waals surface area contributed by atoms with Crippen LogP contribution in [0.5, 0.6) is 0 Å². The van der Waals surface area contributed by atoms with Gasteiger partial charge in [-0.25, -0.2) is 19.3 Å². The molecule has 0 spiro atoms. The third-order valence-corrected chi connectivity index (χ3v) is 8.15. The fourth-order valence-electron chi connectivity index (χ4n) is 5.98. The molecule has 0 radical (unpaired) electrons. The number of aromatic nitrogens is 7. The second kappa shape index (κ2) is 12.0. The second-order valence-electron chi connectivity index (χ2n) is 11.2. The SMILES string of the molecule is CCNCc1cncc(-c2cnc3n[nH]c(-c4nc5nccc(-c6cc(F)cc(CCCN7CCCC7)c6)c5[nH]4)c3c2)c1. The summed E-state index contributed by atoms with van der Waals surface area (Å²) in [5.41, 5.74) is 8.30. The van der Waals surface area contributed by atoms with Gasteiger partial charge in [0.1, 0.15) is 11.5 Å². The van der Waals surface area contributed by atoms with E-state index < -0.39 is 0 Å². The van der Waals surface area contributed by atoms with E-state index in [0.29, 0.717) is 22.8 Å². The predicted molar refractivity (Wildman–Crippen MR) is 167 cm³/mol. The Balaban J connectivity index is 1.20. The van der Waals surface area contributed by atoms with E-state index in [1.165, 1.54) is 25.9 Å². The molecule has 6 heterocycles. The number of imidazole rings is 1. The van der Waals surface area contributed by atoms with Crippen LogP contribution in [0.1, 0.15) is 37.3 Å². The van der Waals surface area contributed by atoms with E-state index in [-0.39, 0.29) is 5.82 Å². The number of hydrogen-bond acceptors (Lipinski definition) is 7. The number of nitrogens with one attached hydrogen (secondary N) is 3. The van der Waals surface area contributed by atoms with E-state index in [1.54, 1.807) is 18.3 Å². The van der Waals surface area contributed by atoms with Crippen molar-refractivity contribution >= 4 is 22.2 Å². The van der Waals surface area contributed by atoms with Gasteiger partial charge in [-0.2, -0.15) is 5.10 Å². The Bertz CT molecular complexity index is 1890. The van der Waals surface area contributed by atoms with Gasteiger partial charge < -0.3 is 15.2 Å². The predicted octanol–water partition coefficient (Wildman–Crippen LogP) is 5.90. The minimum Gasteiger partial charge on any atom is -0.335 e. The highest BCUT2D eigenvalue weighted by Gasteiger charge is 2.18. The quantitative estimate of drug-likeness (QED) is 0.186. The van der Waals surface area contributed by atoms with E-state index in [1.807, 2.05) is 24.7 Å². The molecule has 0 aliphatic carbocycles. The van der Waals surface area contributed by atoms with E-state index in [4.69, 9.17) is 4.98 Å². The smallest absolute Gasteiger partial charge is 0.181 e. The maximum atomic E-state index is 14.8. The first-order valence-corrected chi connectivity index (χ1v) is 15.0. The second-order valence-corrected chi connectivity index (χ2v) is 11.2. The van der Waals surface area contributed by atoms with Gasteiger partial charge in [0.15, 0.2) is 17.1 Å². The molecule has 218 valence electrons. The van der Waals surface area contributed by atoms with Crippen molar-refractivity contribution in [2.75, 3.05) is 26.2 Å². The lowest BCUT2D eigenvalue weighted by Gasteiger charge is -2.14. The maximum absolute atomic E-state index is 14.8. The molecule has 1 aliphatic heterocycles. The molecule has 0 unspecified atom stereocenters. The van der Waals surface area contributed by atoms with Gasteiger partial charge in [0.25, 0.3) is 0 Å². The number of H-pyrrole nitrogens is 2. The molecular weight excluding hydrogens is 541 g/mol. The largest absolute Gasteiger partial charge is 0.335 e. The monoisotopic (exact) mass is 575 g/mol. The Morgan fingerprint density at radius 2 is 1.79 bits per heavy atom.